The van der Waals surface area contributed by atoms with Gasteiger partial charge in [0, 0.05) is 12.5 Å². The highest BCUT2D eigenvalue weighted by atomic mass is 16.5. The van der Waals surface area contributed by atoms with E-state index in [1.54, 1.807) is 11.8 Å². The number of aliphatic imine (C=N–C) groups is 2. The van der Waals surface area contributed by atoms with Crippen LogP contribution in [0.2, 0.25) is 0 Å². The predicted molar refractivity (Wildman–Crippen MR) is 69.8 cm³/mol. The van der Waals surface area contributed by atoms with E-state index in [0.29, 0.717) is 18.8 Å². The van der Waals surface area contributed by atoms with E-state index in [4.69, 9.17) is 16.2 Å². The number of rotatable bonds is 5. The first-order chi connectivity index (χ1) is 8.42. The van der Waals surface area contributed by atoms with Crippen LogP contribution in [0.4, 0.5) is 0 Å². The molecule has 0 spiro atoms. The summed E-state index contributed by atoms with van der Waals surface area (Å²) in [5.74, 6) is -0.585. The molecule has 1 aliphatic heterocycles. The number of hydrogen-bond donors (Lipinski definition) is 2. The molecular formula is C11H19N5O2. The van der Waals surface area contributed by atoms with E-state index >= 15 is 0 Å². The van der Waals surface area contributed by atoms with Gasteiger partial charge in [-0.3, -0.25) is 5.73 Å². The number of nitrogens with two attached hydrogens (primary N) is 2. The molecule has 1 heterocycles. The molecule has 1 rings (SSSR count). The maximum absolute atomic E-state index is 11.0. The lowest BCUT2D eigenvalue weighted by Gasteiger charge is -2.40. The minimum atomic E-state index is -0.934. The Labute approximate surface area is 106 Å². The van der Waals surface area contributed by atoms with E-state index in [1.165, 1.54) is 0 Å². The Morgan fingerprint density at radius 2 is 2.33 bits per heavy atom. The van der Waals surface area contributed by atoms with Crippen molar-refractivity contribution in [1.82, 2.24) is 4.90 Å². The van der Waals surface area contributed by atoms with Crippen LogP contribution < -0.4 is 11.5 Å². The summed E-state index contributed by atoms with van der Waals surface area (Å²) < 4.78 is 4.92. The number of guanidine groups is 1. The summed E-state index contributed by atoms with van der Waals surface area (Å²) in [6.45, 7) is 7.59. The fourth-order valence-corrected chi connectivity index (χ4v) is 1.71. The molecule has 7 heteroatoms. The molecule has 0 fully saturated rings. The number of carbonyl (C=O) groups excluding carboxylic acids is 1. The van der Waals surface area contributed by atoms with Crippen LogP contribution in [0.15, 0.2) is 22.6 Å². The Kier molecular flexibility index (Phi) is 4.43. The first kappa shape index (κ1) is 14.2. The van der Waals surface area contributed by atoms with Crippen LogP contribution in [0.3, 0.4) is 0 Å². The molecule has 1 unspecified atom stereocenters. The van der Waals surface area contributed by atoms with Crippen molar-refractivity contribution in [3.63, 3.8) is 0 Å². The summed E-state index contributed by atoms with van der Waals surface area (Å²) in [5.41, 5.74) is 11.7. The lowest BCUT2D eigenvalue weighted by atomic mass is 10.2. The summed E-state index contributed by atoms with van der Waals surface area (Å²) in [7, 11) is 0. The minimum absolute atomic E-state index is 0.163. The van der Waals surface area contributed by atoms with Crippen molar-refractivity contribution < 1.29 is 9.53 Å². The van der Waals surface area contributed by atoms with Gasteiger partial charge in [0.25, 0.3) is 0 Å². The number of carbonyl (C=O) groups is 1. The Hall–Kier alpha value is -1.89. The van der Waals surface area contributed by atoms with E-state index in [-0.39, 0.29) is 12.6 Å². The van der Waals surface area contributed by atoms with E-state index in [2.05, 4.69) is 16.6 Å². The average molecular weight is 253 g/mol. The molecule has 1 atom stereocenters. The minimum Gasteiger partial charge on any atom is -0.461 e. The first-order valence-electron chi connectivity index (χ1n) is 5.69. The van der Waals surface area contributed by atoms with Gasteiger partial charge in [-0.25, -0.2) is 14.8 Å². The lowest BCUT2D eigenvalue weighted by molar-refractivity contribution is -0.138. The Balaban J connectivity index is 2.71. The van der Waals surface area contributed by atoms with Gasteiger partial charge in [0.15, 0.2) is 5.79 Å². The average Bonchev–Trinajstić information content (AvgIpc) is 2.32. The topological polar surface area (TPSA) is 106 Å². The van der Waals surface area contributed by atoms with Gasteiger partial charge in [-0.1, -0.05) is 13.5 Å². The summed E-state index contributed by atoms with van der Waals surface area (Å²) >= 11 is 0. The Morgan fingerprint density at radius 3 is 2.89 bits per heavy atom. The molecule has 100 valence electrons. The molecule has 0 aromatic heterocycles. The van der Waals surface area contributed by atoms with Crippen molar-refractivity contribution in [2.75, 3.05) is 13.2 Å². The summed E-state index contributed by atoms with van der Waals surface area (Å²) in [4.78, 5) is 20.9. The van der Waals surface area contributed by atoms with E-state index in [9.17, 15) is 4.79 Å². The van der Waals surface area contributed by atoms with Crippen LogP contribution in [0.5, 0.6) is 0 Å². The standard InChI is InChI=1S/C11H19N5O2/c1-4-9(17)18-7-6-16-8(3)14-10(12)15-11(16,13)5-2/h4H,1,5-7,13H2,2-3H3,(H2,12,15). The van der Waals surface area contributed by atoms with Gasteiger partial charge in [-0.05, 0) is 6.92 Å². The second kappa shape index (κ2) is 5.63. The van der Waals surface area contributed by atoms with Gasteiger partial charge in [-0.2, -0.15) is 0 Å². The van der Waals surface area contributed by atoms with Crippen molar-refractivity contribution in [2.24, 2.45) is 21.5 Å². The van der Waals surface area contributed by atoms with Gasteiger partial charge in [-0.15, -0.1) is 0 Å². The number of ether oxygens (including phenoxy) is 1. The SMILES string of the molecule is C=CC(=O)OCCN1C(C)=NC(N)=NC1(N)CC. The van der Waals surface area contributed by atoms with Gasteiger partial charge in [0.05, 0.1) is 6.54 Å². The normalized spacial score (nSPS) is 23.2. The highest BCUT2D eigenvalue weighted by molar-refractivity contribution is 5.96. The molecule has 1 aliphatic rings. The predicted octanol–water partition coefficient (Wildman–Crippen LogP) is -0.213. The van der Waals surface area contributed by atoms with E-state index in [0.717, 1.165) is 6.08 Å². The van der Waals surface area contributed by atoms with Crippen molar-refractivity contribution in [3.8, 4) is 0 Å². The zero-order valence-electron chi connectivity index (χ0n) is 10.7. The van der Waals surface area contributed by atoms with Crippen molar-refractivity contribution >= 4 is 17.8 Å². The summed E-state index contributed by atoms with van der Waals surface area (Å²) in [6, 6.07) is 0. The zero-order valence-corrected chi connectivity index (χ0v) is 10.7. The summed E-state index contributed by atoms with van der Waals surface area (Å²) in [6.07, 6.45) is 1.68. The summed E-state index contributed by atoms with van der Waals surface area (Å²) in [5, 5.41) is 0. The molecule has 0 aromatic carbocycles. The Morgan fingerprint density at radius 1 is 1.67 bits per heavy atom. The quantitative estimate of drug-likeness (QED) is 0.520. The molecule has 0 amide bonds. The molecular weight excluding hydrogens is 234 g/mol. The van der Waals surface area contributed by atoms with Gasteiger partial charge in [0.1, 0.15) is 12.4 Å². The first-order valence-corrected chi connectivity index (χ1v) is 5.69. The van der Waals surface area contributed by atoms with E-state index in [1.807, 2.05) is 6.92 Å². The monoisotopic (exact) mass is 253 g/mol. The maximum Gasteiger partial charge on any atom is 0.330 e. The lowest BCUT2D eigenvalue weighted by Crippen LogP contribution is -2.60. The Bertz CT molecular complexity index is 404. The smallest absolute Gasteiger partial charge is 0.330 e. The van der Waals surface area contributed by atoms with Crippen LogP contribution in [-0.2, 0) is 9.53 Å². The van der Waals surface area contributed by atoms with Crippen LogP contribution in [0, 0.1) is 0 Å². The number of nitrogens with zero attached hydrogens (tertiary/aromatic N) is 3. The third-order valence-corrected chi connectivity index (χ3v) is 2.69. The number of amidine groups is 1. The molecule has 0 aliphatic carbocycles. The maximum atomic E-state index is 11.0. The van der Waals surface area contributed by atoms with Crippen molar-refractivity contribution in [2.45, 2.75) is 26.1 Å². The van der Waals surface area contributed by atoms with Gasteiger partial charge < -0.3 is 15.4 Å². The second-order valence-corrected chi connectivity index (χ2v) is 3.88. The van der Waals surface area contributed by atoms with Crippen LogP contribution >= 0.6 is 0 Å². The fraction of sp³-hybridized carbons (Fsp3) is 0.545. The van der Waals surface area contributed by atoms with Crippen molar-refractivity contribution in [3.05, 3.63) is 12.7 Å². The third-order valence-electron chi connectivity index (χ3n) is 2.69. The second-order valence-electron chi connectivity index (χ2n) is 3.88. The number of esters is 1. The molecule has 0 saturated carbocycles. The van der Waals surface area contributed by atoms with Crippen molar-refractivity contribution in [1.29, 1.82) is 0 Å². The molecule has 0 aromatic rings. The molecule has 4 N–H and O–H groups in total. The highest BCUT2D eigenvalue weighted by Gasteiger charge is 2.34. The highest BCUT2D eigenvalue weighted by Crippen LogP contribution is 2.19. The molecule has 0 saturated heterocycles. The molecule has 18 heavy (non-hydrogen) atoms. The largest absolute Gasteiger partial charge is 0.461 e. The third kappa shape index (κ3) is 3.07. The number of hydrogen-bond acceptors (Lipinski definition) is 7. The van der Waals surface area contributed by atoms with Crippen LogP contribution in [0.25, 0.3) is 0 Å². The van der Waals surface area contributed by atoms with E-state index < -0.39 is 11.8 Å². The molecule has 0 bridgehead atoms. The van der Waals surface area contributed by atoms with Gasteiger partial charge >= 0.3 is 5.97 Å². The fourth-order valence-electron chi connectivity index (χ4n) is 1.71. The zero-order chi connectivity index (χ0) is 13.8. The molecule has 7 nitrogen and oxygen atoms in total. The van der Waals surface area contributed by atoms with Crippen LogP contribution in [0.1, 0.15) is 20.3 Å². The molecule has 0 radical (unpaired) electrons. The van der Waals surface area contributed by atoms with Crippen LogP contribution in [-0.4, -0.2) is 41.6 Å². The van der Waals surface area contributed by atoms with Gasteiger partial charge in [0.2, 0.25) is 5.96 Å².